The Morgan fingerprint density at radius 2 is 1.80 bits per heavy atom. The molecule has 0 amide bonds. The number of guanidine groups is 1. The highest BCUT2D eigenvalue weighted by molar-refractivity contribution is 6.31. The number of aryl methyl sites for hydroxylation is 3. The van der Waals surface area contributed by atoms with E-state index in [0.29, 0.717) is 11.0 Å². The minimum Gasteiger partial charge on any atom is -0.369 e. The number of aromatic nitrogens is 2. The molecule has 5 nitrogen and oxygen atoms in total. The van der Waals surface area contributed by atoms with Gasteiger partial charge < -0.3 is 11.1 Å². The lowest BCUT2D eigenvalue weighted by molar-refractivity contribution is 1.04. The van der Waals surface area contributed by atoms with E-state index in [2.05, 4.69) is 20.3 Å². The summed E-state index contributed by atoms with van der Waals surface area (Å²) in [7, 11) is 0. The van der Waals surface area contributed by atoms with Crippen LogP contribution in [-0.4, -0.2) is 15.9 Å². The molecule has 1 heterocycles. The molecule has 0 aliphatic heterocycles. The number of hydrogen-bond donors (Lipinski definition) is 2. The largest absolute Gasteiger partial charge is 0.369 e. The number of hydrogen-bond acceptors (Lipinski definition) is 3. The third-order valence-electron chi connectivity index (χ3n) is 2.64. The Morgan fingerprint density at radius 3 is 2.40 bits per heavy atom. The zero-order valence-electron chi connectivity index (χ0n) is 11.6. The van der Waals surface area contributed by atoms with Crippen LogP contribution in [0.15, 0.2) is 29.3 Å². The van der Waals surface area contributed by atoms with E-state index in [4.69, 9.17) is 17.3 Å². The number of aliphatic imine (C=N–C) groups is 1. The van der Waals surface area contributed by atoms with Gasteiger partial charge in [0, 0.05) is 22.1 Å². The topological polar surface area (TPSA) is 76.2 Å². The Balaban J connectivity index is 2.20. The maximum absolute atomic E-state index is 6.05. The number of anilines is 1. The number of rotatable bonds is 2. The van der Waals surface area contributed by atoms with Crippen molar-refractivity contribution in [2.75, 3.05) is 5.32 Å². The quantitative estimate of drug-likeness (QED) is 0.658. The number of nitrogens with two attached hydrogens (primary N) is 1. The van der Waals surface area contributed by atoms with E-state index in [1.807, 2.05) is 39.0 Å². The molecule has 0 radical (unpaired) electrons. The Labute approximate surface area is 122 Å². The molecule has 1 aromatic heterocycles. The van der Waals surface area contributed by atoms with Crippen molar-refractivity contribution in [2.24, 2.45) is 10.7 Å². The molecule has 20 heavy (non-hydrogen) atoms. The molecule has 3 N–H and O–H groups in total. The lowest BCUT2D eigenvalue weighted by Gasteiger charge is -2.07. The highest BCUT2D eigenvalue weighted by Gasteiger charge is 2.02. The average Bonchev–Trinajstić information content (AvgIpc) is 2.32. The summed E-state index contributed by atoms with van der Waals surface area (Å²) < 4.78 is 0. The molecular formula is C14H16ClN5. The Bertz CT molecular complexity index is 646. The summed E-state index contributed by atoms with van der Waals surface area (Å²) in [5.41, 5.74) is 9.32. The van der Waals surface area contributed by atoms with Crippen LogP contribution in [0.1, 0.15) is 17.0 Å². The van der Waals surface area contributed by atoms with Crippen LogP contribution in [0.4, 0.5) is 11.6 Å². The van der Waals surface area contributed by atoms with E-state index in [9.17, 15) is 0 Å². The van der Waals surface area contributed by atoms with E-state index in [1.54, 1.807) is 6.07 Å². The van der Waals surface area contributed by atoms with Gasteiger partial charge in [0.25, 0.3) is 5.95 Å². The predicted molar refractivity (Wildman–Crippen MR) is 82.6 cm³/mol. The summed E-state index contributed by atoms with van der Waals surface area (Å²) in [6, 6.07) is 7.46. The first-order valence-corrected chi connectivity index (χ1v) is 6.51. The first-order valence-electron chi connectivity index (χ1n) is 6.13. The fourth-order valence-corrected chi connectivity index (χ4v) is 1.89. The van der Waals surface area contributed by atoms with Crippen molar-refractivity contribution in [3.63, 3.8) is 0 Å². The normalized spacial score (nSPS) is 11.5. The zero-order valence-corrected chi connectivity index (χ0v) is 12.4. The van der Waals surface area contributed by atoms with Gasteiger partial charge in [0.05, 0.1) is 0 Å². The molecule has 6 heteroatoms. The molecule has 0 saturated heterocycles. The van der Waals surface area contributed by atoms with Gasteiger partial charge in [-0.25, -0.2) is 9.97 Å². The van der Waals surface area contributed by atoms with Gasteiger partial charge in [0.15, 0.2) is 0 Å². The van der Waals surface area contributed by atoms with Crippen LogP contribution in [0.3, 0.4) is 0 Å². The van der Waals surface area contributed by atoms with Crippen LogP contribution >= 0.6 is 11.6 Å². The predicted octanol–water partition coefficient (Wildman–Crippen LogP) is 3.11. The summed E-state index contributed by atoms with van der Waals surface area (Å²) >= 11 is 6.05. The minimum atomic E-state index is 0.218. The molecule has 0 aliphatic rings. The van der Waals surface area contributed by atoms with Gasteiger partial charge >= 0.3 is 0 Å². The molecular weight excluding hydrogens is 274 g/mol. The second-order valence-electron chi connectivity index (χ2n) is 4.54. The van der Waals surface area contributed by atoms with E-state index < -0.39 is 0 Å². The molecule has 0 fully saturated rings. The van der Waals surface area contributed by atoms with E-state index in [1.165, 1.54) is 0 Å². The van der Waals surface area contributed by atoms with Gasteiger partial charge in [-0.1, -0.05) is 17.7 Å². The standard InChI is InChI=1S/C14H16ClN5/c1-8-4-5-11(7-12(8)15)19-13(16)20-14-17-9(2)6-10(3)18-14/h4-7H,1-3H3,(H3,16,17,18,19,20). The van der Waals surface area contributed by atoms with Crippen molar-refractivity contribution < 1.29 is 0 Å². The van der Waals surface area contributed by atoms with Crippen LogP contribution in [0, 0.1) is 20.8 Å². The maximum Gasteiger partial charge on any atom is 0.253 e. The van der Waals surface area contributed by atoms with Crippen molar-refractivity contribution >= 4 is 29.2 Å². The lowest BCUT2D eigenvalue weighted by Crippen LogP contribution is -2.22. The first kappa shape index (κ1) is 14.3. The van der Waals surface area contributed by atoms with Gasteiger partial charge in [-0.05, 0) is 44.5 Å². The summed E-state index contributed by atoms with van der Waals surface area (Å²) in [4.78, 5) is 12.6. The molecule has 2 aromatic rings. The summed E-state index contributed by atoms with van der Waals surface area (Å²) in [6.45, 7) is 5.71. The fraction of sp³-hybridized carbons (Fsp3) is 0.214. The molecule has 0 unspecified atom stereocenters. The van der Waals surface area contributed by atoms with Gasteiger partial charge in [-0.3, -0.25) is 0 Å². The van der Waals surface area contributed by atoms with Gasteiger partial charge in [-0.15, -0.1) is 0 Å². The van der Waals surface area contributed by atoms with Crippen molar-refractivity contribution in [3.05, 3.63) is 46.2 Å². The second-order valence-corrected chi connectivity index (χ2v) is 4.94. The highest BCUT2D eigenvalue weighted by Crippen LogP contribution is 2.19. The van der Waals surface area contributed by atoms with Crippen LogP contribution < -0.4 is 11.1 Å². The molecule has 0 aliphatic carbocycles. The van der Waals surface area contributed by atoms with E-state index in [-0.39, 0.29) is 5.96 Å². The van der Waals surface area contributed by atoms with Crippen LogP contribution in [-0.2, 0) is 0 Å². The van der Waals surface area contributed by atoms with Gasteiger partial charge in [0.1, 0.15) is 0 Å². The van der Waals surface area contributed by atoms with Crippen LogP contribution in [0.5, 0.6) is 0 Å². The van der Waals surface area contributed by atoms with E-state index >= 15 is 0 Å². The molecule has 0 saturated carbocycles. The third kappa shape index (κ3) is 3.68. The van der Waals surface area contributed by atoms with Crippen molar-refractivity contribution in [1.29, 1.82) is 0 Å². The van der Waals surface area contributed by atoms with E-state index in [0.717, 1.165) is 22.6 Å². The molecule has 104 valence electrons. The molecule has 0 bridgehead atoms. The van der Waals surface area contributed by atoms with Crippen LogP contribution in [0.25, 0.3) is 0 Å². The van der Waals surface area contributed by atoms with Crippen molar-refractivity contribution in [1.82, 2.24) is 9.97 Å². The lowest BCUT2D eigenvalue weighted by atomic mass is 10.2. The Kier molecular flexibility index (Phi) is 4.20. The van der Waals surface area contributed by atoms with Crippen LogP contribution in [0.2, 0.25) is 5.02 Å². The molecule has 0 spiro atoms. The number of nitrogens with one attached hydrogen (secondary N) is 1. The van der Waals surface area contributed by atoms with Gasteiger partial charge in [-0.2, -0.15) is 4.99 Å². The molecule has 0 atom stereocenters. The fourth-order valence-electron chi connectivity index (χ4n) is 1.71. The minimum absolute atomic E-state index is 0.218. The first-order chi connectivity index (χ1) is 9.44. The number of benzene rings is 1. The SMILES string of the molecule is Cc1cc(C)nc(/N=C(/N)Nc2ccc(C)c(Cl)c2)n1. The Hall–Kier alpha value is -2.14. The number of nitrogens with zero attached hydrogens (tertiary/aromatic N) is 3. The smallest absolute Gasteiger partial charge is 0.253 e. The molecule has 2 rings (SSSR count). The maximum atomic E-state index is 6.05. The summed E-state index contributed by atoms with van der Waals surface area (Å²) in [5.74, 6) is 0.556. The van der Waals surface area contributed by atoms with Crippen molar-refractivity contribution in [3.8, 4) is 0 Å². The average molecular weight is 290 g/mol. The number of halogens is 1. The zero-order chi connectivity index (χ0) is 14.7. The summed E-state index contributed by atoms with van der Waals surface area (Å²) in [5, 5.41) is 3.63. The van der Waals surface area contributed by atoms with Gasteiger partial charge in [0.2, 0.25) is 5.96 Å². The molecule has 1 aromatic carbocycles. The van der Waals surface area contributed by atoms with Crippen molar-refractivity contribution in [2.45, 2.75) is 20.8 Å². The monoisotopic (exact) mass is 289 g/mol. The Morgan fingerprint density at radius 1 is 1.15 bits per heavy atom. The highest BCUT2D eigenvalue weighted by atomic mass is 35.5. The second kappa shape index (κ2) is 5.88. The summed E-state index contributed by atoms with van der Waals surface area (Å²) in [6.07, 6.45) is 0. The third-order valence-corrected chi connectivity index (χ3v) is 3.04.